The summed E-state index contributed by atoms with van der Waals surface area (Å²) in [7, 11) is 2.97. The van der Waals surface area contributed by atoms with E-state index >= 15 is 0 Å². The van der Waals surface area contributed by atoms with Crippen LogP contribution >= 0.6 is 11.6 Å². The van der Waals surface area contributed by atoms with Gasteiger partial charge in [-0.2, -0.15) is 5.10 Å². The van der Waals surface area contributed by atoms with Gasteiger partial charge in [0.05, 0.1) is 26.1 Å². The van der Waals surface area contributed by atoms with Crippen LogP contribution in [0.15, 0.2) is 65.8 Å². The molecule has 0 aliphatic heterocycles. The topological polar surface area (TPSA) is 98.2 Å². The molecule has 0 radical (unpaired) electrons. The van der Waals surface area contributed by atoms with E-state index in [4.69, 9.17) is 25.8 Å². The number of methoxy groups -OCH3 is 2. The van der Waals surface area contributed by atoms with Crippen molar-refractivity contribution < 1.29 is 23.8 Å². The first kappa shape index (κ1) is 24.6. The lowest BCUT2D eigenvalue weighted by molar-refractivity contribution is -0.136. The number of amides is 2. The molecule has 3 rings (SSSR count). The smallest absolute Gasteiger partial charge is 0.329 e. The number of hydrazone groups is 1. The molecule has 0 heterocycles. The van der Waals surface area contributed by atoms with Gasteiger partial charge in [-0.3, -0.25) is 9.59 Å². The fourth-order valence-corrected chi connectivity index (χ4v) is 3.07. The molecule has 0 spiro atoms. The van der Waals surface area contributed by atoms with Crippen molar-refractivity contribution in [3.63, 3.8) is 0 Å². The number of nitrogens with one attached hydrogen (secondary N) is 2. The van der Waals surface area contributed by atoms with E-state index in [-0.39, 0.29) is 5.69 Å². The summed E-state index contributed by atoms with van der Waals surface area (Å²) in [6, 6.07) is 17.9. The van der Waals surface area contributed by atoms with Crippen molar-refractivity contribution >= 4 is 35.3 Å². The quantitative estimate of drug-likeness (QED) is 0.283. The highest BCUT2D eigenvalue weighted by molar-refractivity contribution is 6.40. The Hall–Kier alpha value is -4.04. The summed E-state index contributed by atoms with van der Waals surface area (Å²) in [4.78, 5) is 24.2. The minimum atomic E-state index is -0.955. The Morgan fingerprint density at radius 3 is 2.32 bits per heavy atom. The average molecular weight is 482 g/mol. The van der Waals surface area contributed by atoms with E-state index in [1.807, 2.05) is 31.2 Å². The van der Waals surface area contributed by atoms with Crippen molar-refractivity contribution in [1.29, 1.82) is 0 Å². The first-order chi connectivity index (χ1) is 16.4. The van der Waals surface area contributed by atoms with Crippen LogP contribution in [-0.4, -0.2) is 32.2 Å². The molecule has 0 saturated heterocycles. The van der Waals surface area contributed by atoms with Gasteiger partial charge in [0.25, 0.3) is 0 Å². The van der Waals surface area contributed by atoms with Gasteiger partial charge in [-0.05, 0) is 54.4 Å². The van der Waals surface area contributed by atoms with Crippen LogP contribution in [-0.2, 0) is 16.2 Å². The molecule has 0 bridgehead atoms. The fraction of sp³-hybridized carbons (Fsp3) is 0.160. The van der Waals surface area contributed by atoms with Crippen molar-refractivity contribution in [3.8, 4) is 17.2 Å². The van der Waals surface area contributed by atoms with Gasteiger partial charge in [-0.25, -0.2) is 5.43 Å². The highest BCUT2D eigenvalue weighted by atomic mass is 35.5. The second kappa shape index (κ2) is 11.7. The molecule has 34 heavy (non-hydrogen) atoms. The summed E-state index contributed by atoms with van der Waals surface area (Å²) in [5.41, 5.74) is 5.30. The van der Waals surface area contributed by atoms with Crippen LogP contribution in [0.3, 0.4) is 0 Å². The first-order valence-corrected chi connectivity index (χ1v) is 10.6. The minimum Gasteiger partial charge on any atom is -0.495 e. The Bertz CT molecular complexity index is 1200. The van der Waals surface area contributed by atoms with Gasteiger partial charge in [-0.1, -0.05) is 41.4 Å². The van der Waals surface area contributed by atoms with Gasteiger partial charge < -0.3 is 19.5 Å². The fourth-order valence-electron chi connectivity index (χ4n) is 2.90. The highest BCUT2D eigenvalue weighted by Gasteiger charge is 2.15. The van der Waals surface area contributed by atoms with Crippen molar-refractivity contribution in [2.24, 2.45) is 5.10 Å². The summed E-state index contributed by atoms with van der Waals surface area (Å²) in [5.74, 6) is -0.434. The van der Waals surface area contributed by atoms with E-state index in [0.717, 1.165) is 5.56 Å². The summed E-state index contributed by atoms with van der Waals surface area (Å²) in [6.07, 6.45) is 1.39. The normalized spacial score (nSPS) is 10.6. The van der Waals surface area contributed by atoms with E-state index < -0.39 is 11.8 Å². The number of halogens is 1. The van der Waals surface area contributed by atoms with Gasteiger partial charge in [0.2, 0.25) is 0 Å². The molecule has 2 amide bonds. The third kappa shape index (κ3) is 6.73. The number of hydrogen-bond donors (Lipinski definition) is 2. The van der Waals surface area contributed by atoms with Crippen LogP contribution < -0.4 is 25.0 Å². The number of rotatable bonds is 8. The summed E-state index contributed by atoms with van der Waals surface area (Å²) in [6.45, 7) is 2.42. The second-order valence-corrected chi connectivity index (χ2v) is 7.62. The van der Waals surface area contributed by atoms with Crippen molar-refractivity contribution in [2.45, 2.75) is 13.5 Å². The number of aryl methyl sites for hydroxylation is 1. The minimum absolute atomic E-state index is 0.269. The zero-order valence-electron chi connectivity index (χ0n) is 18.9. The lowest BCUT2D eigenvalue weighted by atomic mass is 10.2. The van der Waals surface area contributed by atoms with Crippen molar-refractivity contribution in [1.82, 2.24) is 5.43 Å². The molecule has 176 valence electrons. The summed E-state index contributed by atoms with van der Waals surface area (Å²) in [5, 5.41) is 6.65. The largest absolute Gasteiger partial charge is 0.495 e. The molecule has 2 N–H and O–H groups in total. The number of nitrogens with zero attached hydrogens (tertiary/aromatic N) is 1. The van der Waals surface area contributed by atoms with Gasteiger partial charge in [0, 0.05) is 5.02 Å². The molecule has 8 nitrogen and oxygen atoms in total. The first-order valence-electron chi connectivity index (χ1n) is 10.2. The molecule has 0 aromatic heterocycles. The maximum atomic E-state index is 12.2. The van der Waals surface area contributed by atoms with Crippen LogP contribution in [0, 0.1) is 6.92 Å². The average Bonchev–Trinajstić information content (AvgIpc) is 2.84. The van der Waals surface area contributed by atoms with Gasteiger partial charge in [0.1, 0.15) is 12.4 Å². The SMILES string of the molecule is COc1ccc(Cl)cc1NC(=O)C(=O)N/N=C/c1ccc(OCc2ccc(C)cc2)c(OC)c1. The number of benzene rings is 3. The predicted octanol–water partition coefficient (Wildman–Crippen LogP) is 4.33. The Balaban J connectivity index is 1.58. The predicted molar refractivity (Wildman–Crippen MR) is 131 cm³/mol. The molecule has 0 atom stereocenters. The Morgan fingerprint density at radius 1 is 0.912 bits per heavy atom. The molecule has 0 aliphatic rings. The van der Waals surface area contributed by atoms with E-state index in [1.165, 1.54) is 32.1 Å². The molecule has 0 unspecified atom stereocenters. The number of hydrogen-bond acceptors (Lipinski definition) is 6. The molecule has 0 saturated carbocycles. The Kier molecular flexibility index (Phi) is 8.48. The van der Waals surface area contributed by atoms with Gasteiger partial charge in [0.15, 0.2) is 11.5 Å². The van der Waals surface area contributed by atoms with E-state index in [1.54, 1.807) is 30.3 Å². The standard InChI is InChI=1S/C25H24ClN3O5/c1-16-4-6-17(7-5-16)15-34-22-10-8-18(12-23(22)33-3)14-27-29-25(31)24(30)28-20-13-19(26)9-11-21(20)32-2/h4-14H,15H2,1-3H3,(H,28,30)(H,29,31)/b27-14+. The maximum Gasteiger partial charge on any atom is 0.329 e. The van der Waals surface area contributed by atoms with E-state index in [9.17, 15) is 9.59 Å². The molecule has 9 heteroatoms. The molecule has 3 aromatic carbocycles. The van der Waals surface area contributed by atoms with E-state index in [2.05, 4.69) is 15.8 Å². The van der Waals surface area contributed by atoms with Gasteiger partial charge in [-0.15, -0.1) is 0 Å². The third-order valence-corrected chi connectivity index (χ3v) is 4.93. The lowest BCUT2D eigenvalue weighted by Crippen LogP contribution is -2.32. The highest BCUT2D eigenvalue weighted by Crippen LogP contribution is 2.29. The van der Waals surface area contributed by atoms with Crippen LogP contribution in [0.2, 0.25) is 5.02 Å². The van der Waals surface area contributed by atoms with Crippen LogP contribution in [0.25, 0.3) is 0 Å². The van der Waals surface area contributed by atoms with Crippen LogP contribution in [0.4, 0.5) is 5.69 Å². The van der Waals surface area contributed by atoms with Crippen molar-refractivity contribution in [2.75, 3.05) is 19.5 Å². The molecule has 0 aliphatic carbocycles. The third-order valence-electron chi connectivity index (χ3n) is 4.70. The van der Waals surface area contributed by atoms with Crippen LogP contribution in [0.1, 0.15) is 16.7 Å². The Morgan fingerprint density at radius 2 is 1.62 bits per heavy atom. The van der Waals surface area contributed by atoms with E-state index in [0.29, 0.717) is 34.4 Å². The number of anilines is 1. The zero-order chi connectivity index (χ0) is 24.5. The van der Waals surface area contributed by atoms with Crippen LogP contribution in [0.5, 0.6) is 17.2 Å². The molecule has 3 aromatic rings. The number of carbonyl (C=O) groups is 2. The molecule has 0 fully saturated rings. The Labute approximate surface area is 202 Å². The summed E-state index contributed by atoms with van der Waals surface area (Å²) >= 11 is 5.93. The maximum absolute atomic E-state index is 12.2. The summed E-state index contributed by atoms with van der Waals surface area (Å²) < 4.78 is 16.4. The number of ether oxygens (including phenoxy) is 3. The number of carbonyl (C=O) groups excluding carboxylic acids is 2. The van der Waals surface area contributed by atoms with Gasteiger partial charge >= 0.3 is 11.8 Å². The zero-order valence-corrected chi connectivity index (χ0v) is 19.7. The molecular formula is C25H24ClN3O5. The molecular weight excluding hydrogens is 458 g/mol. The van der Waals surface area contributed by atoms with Crippen molar-refractivity contribution in [3.05, 3.63) is 82.4 Å². The second-order valence-electron chi connectivity index (χ2n) is 7.18. The lowest BCUT2D eigenvalue weighted by Gasteiger charge is -2.11. The monoisotopic (exact) mass is 481 g/mol.